The molecule has 0 spiro atoms. The maximum absolute atomic E-state index is 11.1. The first-order valence-corrected chi connectivity index (χ1v) is 9.40. The molecule has 0 aliphatic carbocycles. The number of pyridine rings is 1. The van der Waals surface area contributed by atoms with Crippen molar-refractivity contribution in [1.82, 2.24) is 4.98 Å². The number of phenols is 1. The van der Waals surface area contributed by atoms with Gasteiger partial charge >= 0.3 is 88.1 Å². The maximum atomic E-state index is 11.1. The number of nitrogens with zero attached hydrogens (tertiary/aromatic N) is 1. The summed E-state index contributed by atoms with van der Waals surface area (Å²) in [5, 5.41) is 11.4. The molecule has 0 unspecified atom stereocenters. The zero-order chi connectivity index (χ0) is 16.8. The second-order valence-electron chi connectivity index (χ2n) is 4.21. The van der Waals surface area contributed by atoms with E-state index < -0.39 is 20.1 Å². The van der Waals surface area contributed by atoms with Crippen molar-refractivity contribution >= 4 is 35.8 Å². The summed E-state index contributed by atoms with van der Waals surface area (Å²) in [4.78, 5) is 14.5. The number of benzene rings is 1. The van der Waals surface area contributed by atoms with E-state index in [1.165, 1.54) is 6.92 Å². The Morgan fingerprint density at radius 2 is 1.82 bits per heavy atom. The van der Waals surface area contributed by atoms with Gasteiger partial charge in [-0.05, 0) is 12.1 Å². The first kappa shape index (κ1) is 17.8. The third kappa shape index (κ3) is 6.00. The SMILES string of the molecule is CC(=O)Nc1cc(O)ccc1[As](=O)(O)O.Nc1ccncc1. The van der Waals surface area contributed by atoms with Gasteiger partial charge in [0.05, 0.1) is 0 Å². The Kier molecular flexibility index (Phi) is 6.18. The van der Waals surface area contributed by atoms with Crippen LogP contribution in [0.3, 0.4) is 0 Å². The maximum Gasteiger partial charge on any atom is 0.0344 e. The number of rotatable bonds is 2. The second kappa shape index (κ2) is 7.65. The van der Waals surface area contributed by atoms with Gasteiger partial charge in [0.25, 0.3) is 0 Å². The minimum Gasteiger partial charge on any atom is -0.399 e. The van der Waals surface area contributed by atoms with Crippen molar-refractivity contribution in [1.29, 1.82) is 0 Å². The molecule has 1 amide bonds. The molecule has 0 saturated heterocycles. The predicted molar refractivity (Wildman–Crippen MR) is 81.6 cm³/mol. The summed E-state index contributed by atoms with van der Waals surface area (Å²) in [6.45, 7) is 1.21. The van der Waals surface area contributed by atoms with E-state index in [-0.39, 0.29) is 15.8 Å². The molecule has 0 fully saturated rings. The number of amides is 1. The molecule has 0 bridgehead atoms. The predicted octanol–water partition coefficient (Wildman–Crippen LogP) is -0.425. The molecule has 118 valence electrons. The van der Waals surface area contributed by atoms with Gasteiger partial charge in [0.15, 0.2) is 0 Å². The number of aromatic nitrogens is 1. The molecule has 0 radical (unpaired) electrons. The molecule has 1 heterocycles. The second-order valence-corrected chi connectivity index (χ2v) is 7.50. The summed E-state index contributed by atoms with van der Waals surface area (Å²) < 4.78 is 28.8. The minimum absolute atomic E-state index is 0.0602. The van der Waals surface area contributed by atoms with E-state index in [0.717, 1.165) is 23.9 Å². The van der Waals surface area contributed by atoms with Crippen LogP contribution in [0, 0.1) is 0 Å². The fraction of sp³-hybridized carbons (Fsp3) is 0.0769. The summed E-state index contributed by atoms with van der Waals surface area (Å²) >= 11 is -5.08. The Morgan fingerprint density at radius 3 is 2.23 bits per heavy atom. The molecule has 1 aromatic carbocycles. The van der Waals surface area contributed by atoms with Gasteiger partial charge in [-0.3, -0.25) is 4.98 Å². The van der Waals surface area contributed by atoms with Gasteiger partial charge in [-0.15, -0.1) is 0 Å². The largest absolute Gasteiger partial charge is 0.399 e. The topological polar surface area (TPSA) is 146 Å². The fourth-order valence-corrected chi connectivity index (χ4v) is 2.91. The molecular formula is C13H16AsN3O5. The average Bonchev–Trinajstić information content (AvgIpc) is 2.38. The summed E-state index contributed by atoms with van der Waals surface area (Å²) in [5.74, 6) is -0.641. The van der Waals surface area contributed by atoms with Crippen LogP contribution in [0.2, 0.25) is 0 Å². The van der Waals surface area contributed by atoms with Gasteiger partial charge in [-0.2, -0.15) is 0 Å². The van der Waals surface area contributed by atoms with E-state index in [0.29, 0.717) is 0 Å². The van der Waals surface area contributed by atoms with Crippen molar-refractivity contribution in [2.24, 2.45) is 0 Å². The molecule has 0 atom stereocenters. The van der Waals surface area contributed by atoms with E-state index in [1.807, 2.05) is 0 Å². The minimum atomic E-state index is -5.08. The molecule has 0 aliphatic rings. The molecule has 0 aliphatic heterocycles. The van der Waals surface area contributed by atoms with E-state index >= 15 is 0 Å². The third-order valence-electron chi connectivity index (χ3n) is 2.31. The zero-order valence-corrected chi connectivity index (χ0v) is 13.5. The number of nitrogens with one attached hydrogen (secondary N) is 1. The third-order valence-corrected chi connectivity index (χ3v) is 4.45. The molecule has 1 aromatic heterocycles. The van der Waals surface area contributed by atoms with Crippen LogP contribution in [0.15, 0.2) is 42.7 Å². The Labute approximate surface area is 129 Å². The number of carbonyl (C=O) groups is 1. The molecule has 2 aromatic rings. The number of phenolic OH excluding ortho intramolecular Hbond substituents is 1. The van der Waals surface area contributed by atoms with Crippen molar-refractivity contribution in [2.75, 3.05) is 11.1 Å². The summed E-state index contributed by atoms with van der Waals surface area (Å²) in [6, 6.07) is 6.85. The van der Waals surface area contributed by atoms with Gasteiger partial charge in [0, 0.05) is 18.1 Å². The van der Waals surface area contributed by atoms with Crippen molar-refractivity contribution in [3.63, 3.8) is 0 Å². The first-order chi connectivity index (χ1) is 10.2. The van der Waals surface area contributed by atoms with E-state index in [4.69, 9.17) is 19.0 Å². The molecule has 8 nitrogen and oxygen atoms in total. The number of hydrogen-bond acceptors (Lipinski definition) is 5. The first-order valence-electron chi connectivity index (χ1n) is 6.02. The average molecular weight is 369 g/mol. The van der Waals surface area contributed by atoms with Crippen LogP contribution in [0.25, 0.3) is 0 Å². The number of nitrogen functional groups attached to an aromatic ring is 1. The van der Waals surface area contributed by atoms with Crippen LogP contribution in [0.1, 0.15) is 6.92 Å². The van der Waals surface area contributed by atoms with Crippen LogP contribution >= 0.6 is 0 Å². The zero-order valence-electron chi connectivity index (χ0n) is 11.7. The molecule has 0 saturated carbocycles. The summed E-state index contributed by atoms with van der Waals surface area (Å²) in [7, 11) is 0. The smallest absolute Gasteiger partial charge is 0.0344 e. The molecule has 9 heteroatoms. The van der Waals surface area contributed by atoms with Gasteiger partial charge in [0.2, 0.25) is 0 Å². The Balaban J connectivity index is 0.000000287. The van der Waals surface area contributed by atoms with Crippen molar-refractivity contribution in [2.45, 2.75) is 6.92 Å². The van der Waals surface area contributed by atoms with Crippen molar-refractivity contribution in [3.8, 4) is 5.75 Å². The summed E-state index contributed by atoms with van der Waals surface area (Å²) in [5.41, 5.74) is 6.02. The van der Waals surface area contributed by atoms with Gasteiger partial charge in [-0.1, -0.05) is 0 Å². The fourth-order valence-electron chi connectivity index (χ4n) is 1.43. The number of anilines is 2. The number of nitrogens with two attached hydrogens (primary N) is 1. The van der Waals surface area contributed by atoms with Crippen LogP contribution < -0.4 is 15.4 Å². The van der Waals surface area contributed by atoms with E-state index in [9.17, 15) is 8.53 Å². The van der Waals surface area contributed by atoms with Crippen LogP contribution in [0.4, 0.5) is 11.4 Å². The summed E-state index contributed by atoms with van der Waals surface area (Å²) in [6.07, 6.45) is 3.32. The van der Waals surface area contributed by atoms with Crippen LogP contribution in [0.5, 0.6) is 5.75 Å². The Hall–Kier alpha value is -2.28. The molecule has 2 rings (SSSR count). The van der Waals surface area contributed by atoms with E-state index in [2.05, 4.69) is 10.3 Å². The standard InChI is InChI=1S/C8H10AsNO5.C5H6N2/c1-5(11)10-8-4-6(12)2-3-7(8)9(13,14)15;6-5-1-3-7-4-2-5/h2-4,12H,1H3,(H,10,11)(H2,13,14,15);1-4H,(H2,6,7). The Bertz CT molecular complexity index is 687. The number of aromatic hydroxyl groups is 1. The molecular weight excluding hydrogens is 353 g/mol. The normalized spacial score (nSPS) is 10.3. The van der Waals surface area contributed by atoms with Crippen LogP contribution in [-0.2, 0) is 8.53 Å². The van der Waals surface area contributed by atoms with Gasteiger partial charge in [0.1, 0.15) is 0 Å². The van der Waals surface area contributed by atoms with Crippen molar-refractivity contribution < 1.29 is 21.8 Å². The quantitative estimate of drug-likeness (QED) is 0.452. The van der Waals surface area contributed by atoms with Gasteiger partial charge in [-0.25, -0.2) is 0 Å². The molecule has 6 N–H and O–H groups in total. The Morgan fingerprint density at radius 1 is 1.23 bits per heavy atom. The van der Waals surface area contributed by atoms with Crippen molar-refractivity contribution in [3.05, 3.63) is 42.7 Å². The number of carbonyl (C=O) groups excluding carboxylic acids is 1. The molecule has 22 heavy (non-hydrogen) atoms. The van der Waals surface area contributed by atoms with Gasteiger partial charge < -0.3 is 5.73 Å². The van der Waals surface area contributed by atoms with Crippen LogP contribution in [-0.4, -0.2) is 38.4 Å². The van der Waals surface area contributed by atoms with E-state index in [1.54, 1.807) is 24.5 Å². The monoisotopic (exact) mass is 369 g/mol. The number of hydrogen-bond donors (Lipinski definition) is 5.